The Kier molecular flexibility index (Phi) is 1.92. The molecule has 2 aliphatic carbocycles. The van der Waals surface area contributed by atoms with Crippen LogP contribution >= 0.6 is 0 Å². The van der Waals surface area contributed by atoms with Crippen molar-refractivity contribution < 1.29 is 0 Å². The number of hydrogen-bond donors (Lipinski definition) is 1. The second kappa shape index (κ2) is 2.78. The van der Waals surface area contributed by atoms with Gasteiger partial charge in [-0.25, -0.2) is 0 Å². The summed E-state index contributed by atoms with van der Waals surface area (Å²) in [4.78, 5) is 0. The maximum absolute atomic E-state index is 5.77. The Labute approximate surface area is 69.4 Å². The minimum absolute atomic E-state index is 0.895. The molecule has 2 unspecified atom stereocenters. The molecule has 11 heavy (non-hydrogen) atoms. The van der Waals surface area contributed by atoms with E-state index in [0.717, 1.165) is 30.2 Å². The van der Waals surface area contributed by atoms with Crippen molar-refractivity contribution in [2.45, 2.75) is 32.6 Å². The molecule has 0 radical (unpaired) electrons. The van der Waals surface area contributed by atoms with Crippen molar-refractivity contribution >= 4 is 0 Å². The number of nitrogens with two attached hydrogens (primary N) is 1. The quantitative estimate of drug-likeness (QED) is 0.612. The summed E-state index contributed by atoms with van der Waals surface area (Å²) in [5.74, 6) is 3.86. The van der Waals surface area contributed by atoms with Gasteiger partial charge in [0.15, 0.2) is 0 Å². The first kappa shape index (κ1) is 7.60. The third kappa shape index (κ3) is 1.20. The number of rotatable bonds is 1. The van der Waals surface area contributed by atoms with Crippen molar-refractivity contribution in [2.24, 2.45) is 29.4 Å². The van der Waals surface area contributed by atoms with Crippen LogP contribution in [0.15, 0.2) is 0 Å². The molecule has 0 spiro atoms. The minimum Gasteiger partial charge on any atom is -0.330 e. The molecule has 64 valence electrons. The zero-order chi connectivity index (χ0) is 7.84. The fraction of sp³-hybridized carbons (Fsp3) is 1.00. The molecule has 2 fully saturated rings. The van der Waals surface area contributed by atoms with Crippen molar-refractivity contribution in [3.8, 4) is 0 Å². The molecule has 0 aromatic heterocycles. The molecule has 2 saturated carbocycles. The summed E-state index contributed by atoms with van der Waals surface area (Å²) >= 11 is 0. The van der Waals surface area contributed by atoms with Gasteiger partial charge in [-0.15, -0.1) is 0 Å². The maximum Gasteiger partial charge on any atom is -0.00436 e. The topological polar surface area (TPSA) is 26.0 Å². The summed E-state index contributed by atoms with van der Waals surface area (Å²) < 4.78 is 0. The lowest BCUT2D eigenvalue weighted by Crippen LogP contribution is -2.30. The predicted molar refractivity (Wildman–Crippen MR) is 47.2 cm³/mol. The fourth-order valence-electron chi connectivity index (χ4n) is 3.34. The zero-order valence-electron chi connectivity index (χ0n) is 7.42. The summed E-state index contributed by atoms with van der Waals surface area (Å²) in [6.45, 7) is 3.35. The van der Waals surface area contributed by atoms with Crippen LogP contribution in [0.1, 0.15) is 32.6 Å². The van der Waals surface area contributed by atoms with Gasteiger partial charge >= 0.3 is 0 Å². The van der Waals surface area contributed by atoms with Gasteiger partial charge in [0, 0.05) is 0 Å². The monoisotopic (exact) mass is 153 g/mol. The molecular weight excluding hydrogens is 134 g/mol. The molecule has 1 nitrogen and oxygen atoms in total. The maximum atomic E-state index is 5.77. The first-order valence-electron chi connectivity index (χ1n) is 5.01. The fourth-order valence-corrected chi connectivity index (χ4v) is 3.34. The van der Waals surface area contributed by atoms with Gasteiger partial charge < -0.3 is 5.73 Å². The summed E-state index contributed by atoms with van der Waals surface area (Å²) in [7, 11) is 0. The third-order valence-corrected chi connectivity index (χ3v) is 3.80. The number of fused-ring (bicyclic) bond motifs is 2. The lowest BCUT2D eigenvalue weighted by molar-refractivity contribution is 0.184. The van der Waals surface area contributed by atoms with Crippen molar-refractivity contribution in [2.75, 3.05) is 6.54 Å². The smallest absolute Gasteiger partial charge is 0.00436 e. The van der Waals surface area contributed by atoms with Gasteiger partial charge in [-0.2, -0.15) is 0 Å². The normalized spacial score (nSPS) is 49.6. The average molecular weight is 153 g/mol. The number of hydrogen-bond acceptors (Lipinski definition) is 1. The molecular formula is C10H19N. The van der Waals surface area contributed by atoms with Gasteiger partial charge in [0.1, 0.15) is 0 Å². The van der Waals surface area contributed by atoms with Gasteiger partial charge in [0.05, 0.1) is 0 Å². The largest absolute Gasteiger partial charge is 0.330 e. The Bertz CT molecular complexity index is 130. The standard InChI is InChI=1S/C10H19N/c1-7-4-8-2-3-9(5-7)10(8)6-11/h7-10H,2-6,11H2,1H3. The summed E-state index contributed by atoms with van der Waals surface area (Å²) in [6, 6.07) is 0. The van der Waals surface area contributed by atoms with Crippen LogP contribution in [0.3, 0.4) is 0 Å². The highest BCUT2D eigenvalue weighted by Gasteiger charge is 2.40. The van der Waals surface area contributed by atoms with E-state index in [9.17, 15) is 0 Å². The molecule has 2 aliphatic rings. The zero-order valence-corrected chi connectivity index (χ0v) is 7.42. The predicted octanol–water partition coefficient (Wildman–Crippen LogP) is 2.02. The average Bonchev–Trinajstić information content (AvgIpc) is 2.23. The summed E-state index contributed by atoms with van der Waals surface area (Å²) in [6.07, 6.45) is 5.85. The van der Waals surface area contributed by atoms with Crippen molar-refractivity contribution in [1.82, 2.24) is 0 Å². The molecule has 0 saturated heterocycles. The summed E-state index contributed by atoms with van der Waals surface area (Å²) in [5.41, 5.74) is 5.77. The summed E-state index contributed by atoms with van der Waals surface area (Å²) in [5, 5.41) is 0. The van der Waals surface area contributed by atoms with Gasteiger partial charge in [-0.3, -0.25) is 0 Å². The van der Waals surface area contributed by atoms with E-state index in [-0.39, 0.29) is 0 Å². The van der Waals surface area contributed by atoms with E-state index in [2.05, 4.69) is 6.92 Å². The van der Waals surface area contributed by atoms with Crippen LogP contribution in [0.4, 0.5) is 0 Å². The van der Waals surface area contributed by atoms with E-state index in [4.69, 9.17) is 5.73 Å². The Morgan fingerprint density at radius 2 is 1.73 bits per heavy atom. The van der Waals surface area contributed by atoms with Gasteiger partial charge in [-0.05, 0) is 55.9 Å². The van der Waals surface area contributed by atoms with Gasteiger partial charge in [0.25, 0.3) is 0 Å². The van der Waals surface area contributed by atoms with Crippen LogP contribution in [0, 0.1) is 23.7 Å². The highest BCUT2D eigenvalue weighted by Crippen LogP contribution is 2.48. The molecule has 2 atom stereocenters. The Hall–Kier alpha value is -0.0400. The Balaban J connectivity index is 2.06. The highest BCUT2D eigenvalue weighted by molar-refractivity contribution is 4.91. The van der Waals surface area contributed by atoms with Crippen molar-refractivity contribution in [3.63, 3.8) is 0 Å². The van der Waals surface area contributed by atoms with Gasteiger partial charge in [-0.1, -0.05) is 6.92 Å². The van der Waals surface area contributed by atoms with E-state index in [1.807, 2.05) is 0 Å². The second-order valence-electron chi connectivity index (χ2n) is 4.57. The molecule has 0 aliphatic heterocycles. The van der Waals surface area contributed by atoms with Crippen LogP contribution < -0.4 is 5.73 Å². The van der Waals surface area contributed by atoms with E-state index in [1.54, 1.807) is 0 Å². The highest BCUT2D eigenvalue weighted by atomic mass is 14.6. The molecule has 0 amide bonds. The van der Waals surface area contributed by atoms with E-state index < -0.39 is 0 Å². The van der Waals surface area contributed by atoms with Crippen LogP contribution in [-0.2, 0) is 0 Å². The van der Waals surface area contributed by atoms with Gasteiger partial charge in [0.2, 0.25) is 0 Å². The lowest BCUT2D eigenvalue weighted by atomic mass is 9.74. The SMILES string of the molecule is CC1CC2CCC(C1)C2CN. The lowest BCUT2D eigenvalue weighted by Gasteiger charge is -2.32. The molecule has 1 heteroatoms. The van der Waals surface area contributed by atoms with Crippen LogP contribution in [-0.4, -0.2) is 6.54 Å². The first-order valence-corrected chi connectivity index (χ1v) is 5.01. The molecule has 0 aromatic carbocycles. The molecule has 2 N–H and O–H groups in total. The minimum atomic E-state index is 0.895. The molecule has 2 bridgehead atoms. The Morgan fingerprint density at radius 1 is 1.18 bits per heavy atom. The van der Waals surface area contributed by atoms with Crippen molar-refractivity contribution in [3.05, 3.63) is 0 Å². The van der Waals surface area contributed by atoms with Crippen LogP contribution in [0.2, 0.25) is 0 Å². The van der Waals surface area contributed by atoms with Crippen LogP contribution in [0.25, 0.3) is 0 Å². The van der Waals surface area contributed by atoms with E-state index >= 15 is 0 Å². The van der Waals surface area contributed by atoms with E-state index in [0.29, 0.717) is 0 Å². The van der Waals surface area contributed by atoms with Crippen LogP contribution in [0.5, 0.6) is 0 Å². The molecule has 0 aromatic rings. The first-order chi connectivity index (χ1) is 5.31. The van der Waals surface area contributed by atoms with Crippen molar-refractivity contribution in [1.29, 1.82) is 0 Å². The molecule has 2 rings (SSSR count). The molecule has 0 heterocycles. The van der Waals surface area contributed by atoms with E-state index in [1.165, 1.54) is 25.7 Å². The Morgan fingerprint density at radius 3 is 2.18 bits per heavy atom. The third-order valence-electron chi connectivity index (χ3n) is 3.80. The second-order valence-corrected chi connectivity index (χ2v) is 4.57.